The van der Waals surface area contributed by atoms with E-state index >= 15 is 0 Å². The molecule has 150 valence electrons. The van der Waals surface area contributed by atoms with E-state index in [0.717, 1.165) is 17.0 Å². The molecular weight excluding hydrogens is 411 g/mol. The summed E-state index contributed by atoms with van der Waals surface area (Å²) in [5.41, 5.74) is 5.23. The first-order chi connectivity index (χ1) is 14.0. The van der Waals surface area contributed by atoms with Gasteiger partial charge in [0.15, 0.2) is 0 Å². The van der Waals surface area contributed by atoms with E-state index in [0.29, 0.717) is 35.2 Å². The highest BCUT2D eigenvalue weighted by atomic mass is 35.5. The molecule has 2 aromatic carbocycles. The van der Waals surface area contributed by atoms with Crippen LogP contribution >= 0.6 is 23.2 Å². The van der Waals surface area contributed by atoms with Crippen LogP contribution in [0.15, 0.2) is 66.3 Å². The molecular formula is C21H20Cl2N4O2. The fraction of sp³-hybridized carbons (Fsp3) is 0.190. The highest BCUT2D eigenvalue weighted by molar-refractivity contribution is 6.35. The second kappa shape index (κ2) is 10.1. The predicted octanol–water partition coefficient (Wildman–Crippen LogP) is 4.88. The van der Waals surface area contributed by atoms with Crippen LogP contribution < -0.4 is 10.2 Å². The molecule has 0 unspecified atom stereocenters. The molecule has 0 saturated carbocycles. The zero-order chi connectivity index (χ0) is 20.6. The first-order valence-corrected chi connectivity index (χ1v) is 9.78. The maximum absolute atomic E-state index is 12.0. The van der Waals surface area contributed by atoms with Crippen molar-refractivity contribution in [1.82, 2.24) is 15.0 Å². The summed E-state index contributed by atoms with van der Waals surface area (Å²) in [6.45, 7) is 2.21. The molecule has 0 aliphatic heterocycles. The Kier molecular flexibility index (Phi) is 7.27. The van der Waals surface area contributed by atoms with Crippen molar-refractivity contribution in [2.24, 2.45) is 5.10 Å². The fourth-order valence-electron chi connectivity index (χ4n) is 2.56. The van der Waals surface area contributed by atoms with Gasteiger partial charge in [-0.2, -0.15) is 5.10 Å². The summed E-state index contributed by atoms with van der Waals surface area (Å²) >= 11 is 11.9. The first kappa shape index (κ1) is 20.9. The van der Waals surface area contributed by atoms with Crippen LogP contribution in [-0.2, 0) is 4.79 Å². The average Bonchev–Trinajstić information content (AvgIpc) is 3.25. The average molecular weight is 431 g/mol. The quantitative estimate of drug-likeness (QED) is 0.314. The Morgan fingerprint density at radius 3 is 2.69 bits per heavy atom. The molecule has 0 saturated heterocycles. The van der Waals surface area contributed by atoms with Crippen molar-refractivity contribution in [2.45, 2.75) is 19.8 Å². The van der Waals surface area contributed by atoms with Gasteiger partial charge in [0.2, 0.25) is 5.91 Å². The number of aromatic nitrogens is 2. The summed E-state index contributed by atoms with van der Waals surface area (Å²) in [6, 6.07) is 12.9. The molecule has 8 heteroatoms. The van der Waals surface area contributed by atoms with Crippen molar-refractivity contribution < 1.29 is 9.53 Å². The van der Waals surface area contributed by atoms with Crippen LogP contribution in [-0.4, -0.2) is 27.8 Å². The van der Waals surface area contributed by atoms with Crippen molar-refractivity contribution in [3.05, 3.63) is 76.8 Å². The Hall–Kier alpha value is -2.83. The highest BCUT2D eigenvalue weighted by Gasteiger charge is 2.05. The molecule has 1 aromatic heterocycles. The second-order valence-corrected chi connectivity index (χ2v) is 7.12. The van der Waals surface area contributed by atoms with Crippen LogP contribution in [0.1, 0.15) is 25.3 Å². The topological polar surface area (TPSA) is 68.5 Å². The fourth-order valence-corrected chi connectivity index (χ4v) is 3.02. The van der Waals surface area contributed by atoms with E-state index < -0.39 is 0 Å². The number of halogens is 2. The molecule has 3 rings (SSSR count). The lowest BCUT2D eigenvalue weighted by Gasteiger charge is -2.08. The lowest BCUT2D eigenvalue weighted by Crippen LogP contribution is -2.19. The number of hydrazone groups is 1. The van der Waals surface area contributed by atoms with Gasteiger partial charge in [0, 0.05) is 29.5 Å². The van der Waals surface area contributed by atoms with E-state index in [1.807, 2.05) is 42.0 Å². The summed E-state index contributed by atoms with van der Waals surface area (Å²) in [7, 11) is 0. The molecule has 6 nitrogen and oxygen atoms in total. The molecule has 1 N–H and O–H groups in total. The number of imidazole rings is 1. The highest BCUT2D eigenvalue weighted by Crippen LogP contribution is 2.27. The Balaban J connectivity index is 1.43. The van der Waals surface area contributed by atoms with E-state index in [2.05, 4.69) is 15.5 Å². The van der Waals surface area contributed by atoms with Crippen LogP contribution in [0.3, 0.4) is 0 Å². The monoisotopic (exact) mass is 430 g/mol. The molecule has 1 amide bonds. The summed E-state index contributed by atoms with van der Waals surface area (Å²) in [5, 5.41) is 5.16. The van der Waals surface area contributed by atoms with E-state index in [-0.39, 0.29) is 5.91 Å². The van der Waals surface area contributed by atoms with E-state index in [1.165, 1.54) is 0 Å². The zero-order valence-corrected chi connectivity index (χ0v) is 17.3. The Labute approximate surface area is 179 Å². The number of ether oxygens (including phenoxy) is 1. The van der Waals surface area contributed by atoms with Crippen molar-refractivity contribution in [2.75, 3.05) is 6.61 Å². The number of hydrogen-bond donors (Lipinski definition) is 1. The van der Waals surface area contributed by atoms with Gasteiger partial charge in [-0.05, 0) is 49.2 Å². The number of rotatable bonds is 8. The molecule has 1 heterocycles. The van der Waals surface area contributed by atoms with Gasteiger partial charge in [-0.15, -0.1) is 0 Å². The molecule has 3 aromatic rings. The summed E-state index contributed by atoms with van der Waals surface area (Å²) in [5.74, 6) is 0.370. The number of nitrogens with zero attached hydrogens (tertiary/aromatic N) is 3. The first-order valence-electron chi connectivity index (χ1n) is 9.02. The van der Waals surface area contributed by atoms with Gasteiger partial charge in [-0.3, -0.25) is 4.79 Å². The van der Waals surface area contributed by atoms with Crippen LogP contribution in [0, 0.1) is 0 Å². The molecule has 0 radical (unpaired) electrons. The largest absolute Gasteiger partial charge is 0.492 e. The number of amides is 1. The minimum atomic E-state index is -0.176. The number of carbonyl (C=O) groups excluding carboxylic acids is 1. The van der Waals surface area contributed by atoms with Crippen molar-refractivity contribution in [3.8, 4) is 11.4 Å². The van der Waals surface area contributed by atoms with Crippen LogP contribution in [0.4, 0.5) is 0 Å². The third-order valence-electron chi connectivity index (χ3n) is 4.14. The summed E-state index contributed by atoms with van der Waals surface area (Å²) in [6.07, 6.45) is 6.17. The molecule has 0 fully saturated rings. The number of nitrogens with one attached hydrogen (secondary N) is 1. The van der Waals surface area contributed by atoms with E-state index in [4.69, 9.17) is 27.9 Å². The lowest BCUT2D eigenvalue weighted by molar-refractivity contribution is -0.121. The minimum Gasteiger partial charge on any atom is -0.492 e. The number of hydrogen-bond acceptors (Lipinski definition) is 4. The molecule has 0 spiro atoms. The third-order valence-corrected chi connectivity index (χ3v) is 4.67. The molecule has 0 aliphatic rings. The Bertz CT molecular complexity index is 986. The van der Waals surface area contributed by atoms with E-state index in [1.54, 1.807) is 30.7 Å². The smallest absolute Gasteiger partial charge is 0.240 e. The van der Waals surface area contributed by atoms with Crippen molar-refractivity contribution in [1.29, 1.82) is 0 Å². The number of carbonyl (C=O) groups is 1. The summed E-state index contributed by atoms with van der Waals surface area (Å²) in [4.78, 5) is 16.0. The Morgan fingerprint density at radius 2 is 2.00 bits per heavy atom. The maximum Gasteiger partial charge on any atom is 0.240 e. The van der Waals surface area contributed by atoms with Crippen LogP contribution in [0.5, 0.6) is 5.75 Å². The van der Waals surface area contributed by atoms with Crippen molar-refractivity contribution in [3.63, 3.8) is 0 Å². The predicted molar refractivity (Wildman–Crippen MR) is 115 cm³/mol. The third kappa shape index (κ3) is 6.07. The van der Waals surface area contributed by atoms with Gasteiger partial charge in [0.25, 0.3) is 0 Å². The molecule has 29 heavy (non-hydrogen) atoms. The minimum absolute atomic E-state index is 0.176. The van der Waals surface area contributed by atoms with Gasteiger partial charge >= 0.3 is 0 Å². The van der Waals surface area contributed by atoms with Crippen LogP contribution in [0.25, 0.3) is 5.69 Å². The second-order valence-electron chi connectivity index (χ2n) is 6.28. The zero-order valence-electron chi connectivity index (χ0n) is 15.8. The van der Waals surface area contributed by atoms with Gasteiger partial charge in [0.05, 0.1) is 23.7 Å². The normalized spacial score (nSPS) is 11.3. The standard InChI is InChI=1S/C21H20Cl2N4O2/c1-15(16-4-7-18(8-5-16)27-11-10-24-14-27)25-26-21(28)3-2-12-29-20-9-6-17(22)13-19(20)23/h4-11,13-14H,2-3,12H2,1H3,(H,26,28)/b25-15-. The van der Waals surface area contributed by atoms with Crippen molar-refractivity contribution >= 4 is 34.8 Å². The summed E-state index contributed by atoms with van der Waals surface area (Å²) < 4.78 is 7.48. The molecule has 0 aliphatic carbocycles. The van der Waals surface area contributed by atoms with Gasteiger partial charge in [0.1, 0.15) is 5.75 Å². The SMILES string of the molecule is C/C(=N/NC(=O)CCCOc1ccc(Cl)cc1Cl)c1ccc(-n2ccnc2)cc1. The number of benzene rings is 2. The Morgan fingerprint density at radius 1 is 1.21 bits per heavy atom. The van der Waals surface area contributed by atoms with Gasteiger partial charge < -0.3 is 9.30 Å². The van der Waals surface area contributed by atoms with Gasteiger partial charge in [-0.1, -0.05) is 35.3 Å². The molecule has 0 bridgehead atoms. The van der Waals surface area contributed by atoms with Gasteiger partial charge in [-0.25, -0.2) is 10.4 Å². The maximum atomic E-state index is 12.0. The van der Waals surface area contributed by atoms with E-state index in [9.17, 15) is 4.79 Å². The molecule has 0 atom stereocenters. The lowest BCUT2D eigenvalue weighted by atomic mass is 10.1. The van der Waals surface area contributed by atoms with Crippen LogP contribution in [0.2, 0.25) is 10.0 Å².